The van der Waals surface area contributed by atoms with Gasteiger partial charge in [-0.3, -0.25) is 4.90 Å². The summed E-state index contributed by atoms with van der Waals surface area (Å²) in [5.74, 6) is -2.36. The van der Waals surface area contributed by atoms with Crippen molar-refractivity contribution in [1.82, 2.24) is 4.90 Å². The Hall–Kier alpha value is -0.810. The first-order valence-corrected chi connectivity index (χ1v) is 8.65. The van der Waals surface area contributed by atoms with E-state index in [9.17, 15) is 8.78 Å². The molecule has 21 heavy (non-hydrogen) atoms. The number of hydrogen-bond acceptors (Lipinski definition) is 3. The van der Waals surface area contributed by atoms with Gasteiger partial charge in [0.1, 0.15) is 0 Å². The molecule has 3 rings (SSSR count). The van der Waals surface area contributed by atoms with Gasteiger partial charge in [0.2, 0.25) is 0 Å². The fourth-order valence-corrected chi connectivity index (χ4v) is 4.17. The summed E-state index contributed by atoms with van der Waals surface area (Å²) >= 11 is 0.666. The molecule has 2 fully saturated rings. The predicted molar refractivity (Wildman–Crippen MR) is 84.3 cm³/mol. The maximum absolute atomic E-state index is 12.8. The van der Waals surface area contributed by atoms with E-state index < -0.39 is 5.76 Å². The van der Waals surface area contributed by atoms with Gasteiger partial charge in [-0.2, -0.15) is 8.78 Å². The molecule has 0 spiro atoms. The quantitative estimate of drug-likeness (QED) is 0.777. The molecule has 2 aliphatic heterocycles. The molecule has 116 valence electrons. The number of nitrogens with zero attached hydrogens (tertiary/aromatic N) is 2. The third-order valence-electron chi connectivity index (χ3n) is 4.48. The van der Waals surface area contributed by atoms with E-state index in [0.29, 0.717) is 22.7 Å². The molecule has 1 unspecified atom stereocenters. The summed E-state index contributed by atoms with van der Waals surface area (Å²) in [6.45, 7) is 4.28. The van der Waals surface area contributed by atoms with E-state index in [2.05, 4.69) is 9.80 Å². The van der Waals surface area contributed by atoms with Crippen LogP contribution in [0.3, 0.4) is 0 Å². The van der Waals surface area contributed by atoms with Gasteiger partial charge in [-0.05, 0) is 37.9 Å². The van der Waals surface area contributed by atoms with Crippen molar-refractivity contribution in [2.24, 2.45) is 0 Å². The fraction of sp³-hybridized carbons (Fsp3) is 0.625. The summed E-state index contributed by atoms with van der Waals surface area (Å²) in [6, 6.07) is 8.19. The molecule has 0 N–H and O–H groups in total. The van der Waals surface area contributed by atoms with Crippen molar-refractivity contribution in [3.63, 3.8) is 0 Å². The van der Waals surface area contributed by atoms with Crippen LogP contribution >= 0.6 is 11.8 Å². The second kappa shape index (κ2) is 6.97. The van der Waals surface area contributed by atoms with Crippen LogP contribution in [0.15, 0.2) is 29.2 Å². The number of thioether (sulfide) groups is 1. The first-order valence-electron chi connectivity index (χ1n) is 7.77. The van der Waals surface area contributed by atoms with Gasteiger partial charge in [-0.1, -0.05) is 30.3 Å². The summed E-state index contributed by atoms with van der Waals surface area (Å²) < 4.78 is 25.5. The van der Waals surface area contributed by atoms with Crippen LogP contribution in [-0.4, -0.2) is 42.9 Å². The molecule has 2 heterocycles. The molecule has 0 bridgehead atoms. The van der Waals surface area contributed by atoms with E-state index in [1.54, 1.807) is 0 Å². The Morgan fingerprint density at radius 3 is 2.71 bits per heavy atom. The summed E-state index contributed by atoms with van der Waals surface area (Å²) in [4.78, 5) is 5.62. The second-order valence-corrected chi connectivity index (χ2v) is 6.86. The van der Waals surface area contributed by atoms with Gasteiger partial charge in [0.05, 0.1) is 5.69 Å². The highest BCUT2D eigenvalue weighted by molar-refractivity contribution is 7.99. The van der Waals surface area contributed by atoms with Crippen molar-refractivity contribution in [3.05, 3.63) is 24.3 Å². The fourth-order valence-electron chi connectivity index (χ4n) is 3.50. The number of rotatable bonds is 3. The SMILES string of the molecule is FC(F)Sc1ccccc1N1CCCN2CCCCC2C1. The van der Waals surface area contributed by atoms with E-state index in [1.165, 1.54) is 25.8 Å². The average Bonchev–Trinajstić information content (AvgIpc) is 2.69. The Labute approximate surface area is 129 Å². The van der Waals surface area contributed by atoms with E-state index in [1.807, 2.05) is 24.3 Å². The standard InChI is InChI=1S/C16H22F2N2S/c17-16(18)21-15-8-2-1-7-14(15)20-11-5-10-19-9-4-3-6-13(19)12-20/h1-2,7-8,13,16H,3-6,9-12H2. The third-order valence-corrected chi connectivity index (χ3v) is 5.25. The van der Waals surface area contributed by atoms with Crippen LogP contribution in [0.5, 0.6) is 0 Å². The molecule has 1 aromatic rings. The monoisotopic (exact) mass is 312 g/mol. The third kappa shape index (κ3) is 3.69. The van der Waals surface area contributed by atoms with Gasteiger partial charge in [-0.15, -0.1) is 0 Å². The molecule has 1 aromatic carbocycles. The predicted octanol–water partition coefficient (Wildman–Crippen LogP) is 4.07. The van der Waals surface area contributed by atoms with Gasteiger partial charge < -0.3 is 4.90 Å². The summed E-state index contributed by atoms with van der Waals surface area (Å²) in [5, 5.41) is 0. The minimum Gasteiger partial charge on any atom is -0.369 e. The number of fused-ring (bicyclic) bond motifs is 1. The Kier molecular flexibility index (Phi) is 5.01. The lowest BCUT2D eigenvalue weighted by Gasteiger charge is -2.36. The molecule has 2 nitrogen and oxygen atoms in total. The summed E-state index contributed by atoms with van der Waals surface area (Å²) in [6.07, 6.45) is 4.95. The lowest BCUT2D eigenvalue weighted by Crippen LogP contribution is -2.44. The van der Waals surface area contributed by atoms with Crippen LogP contribution in [0.2, 0.25) is 0 Å². The van der Waals surface area contributed by atoms with Crippen LogP contribution in [0, 0.1) is 0 Å². The largest absolute Gasteiger partial charge is 0.369 e. The number of anilines is 1. The molecule has 0 radical (unpaired) electrons. The van der Waals surface area contributed by atoms with Crippen molar-refractivity contribution in [2.75, 3.05) is 31.1 Å². The lowest BCUT2D eigenvalue weighted by atomic mass is 10.0. The normalized spacial score (nSPS) is 24.0. The van der Waals surface area contributed by atoms with Gasteiger partial charge in [0, 0.05) is 30.6 Å². The molecule has 1 atom stereocenters. The van der Waals surface area contributed by atoms with Gasteiger partial charge >= 0.3 is 0 Å². The number of hydrogen-bond donors (Lipinski definition) is 0. The van der Waals surface area contributed by atoms with E-state index in [4.69, 9.17) is 0 Å². The number of alkyl halides is 2. The number of para-hydroxylation sites is 1. The zero-order valence-electron chi connectivity index (χ0n) is 12.2. The minimum absolute atomic E-state index is 0.589. The van der Waals surface area contributed by atoms with Gasteiger partial charge in [0.25, 0.3) is 5.76 Å². The molecule has 0 aromatic heterocycles. The number of piperidine rings is 1. The zero-order valence-corrected chi connectivity index (χ0v) is 13.0. The Morgan fingerprint density at radius 2 is 1.86 bits per heavy atom. The molecule has 0 saturated carbocycles. The molecular weight excluding hydrogens is 290 g/mol. The van der Waals surface area contributed by atoms with Crippen molar-refractivity contribution < 1.29 is 8.78 Å². The van der Waals surface area contributed by atoms with E-state index >= 15 is 0 Å². The Bertz CT molecular complexity index is 469. The summed E-state index contributed by atoms with van der Waals surface area (Å²) in [7, 11) is 0. The van der Waals surface area contributed by atoms with Gasteiger partial charge in [-0.25, -0.2) is 0 Å². The molecule has 0 amide bonds. The molecule has 2 saturated heterocycles. The van der Waals surface area contributed by atoms with Crippen molar-refractivity contribution >= 4 is 17.4 Å². The molecule has 2 aliphatic rings. The number of halogens is 2. The van der Waals surface area contributed by atoms with E-state index in [0.717, 1.165) is 31.7 Å². The molecular formula is C16H22F2N2S. The Morgan fingerprint density at radius 1 is 1.05 bits per heavy atom. The van der Waals surface area contributed by atoms with Crippen molar-refractivity contribution in [1.29, 1.82) is 0 Å². The molecule has 5 heteroatoms. The minimum atomic E-state index is -2.36. The highest BCUT2D eigenvalue weighted by Gasteiger charge is 2.28. The maximum Gasteiger partial charge on any atom is 0.288 e. The first-order chi connectivity index (χ1) is 10.2. The summed E-state index contributed by atoms with van der Waals surface area (Å²) in [5.41, 5.74) is 0.982. The van der Waals surface area contributed by atoms with Gasteiger partial charge in [0.15, 0.2) is 0 Å². The van der Waals surface area contributed by atoms with Crippen LogP contribution in [0.1, 0.15) is 25.7 Å². The van der Waals surface area contributed by atoms with Crippen molar-refractivity contribution in [3.8, 4) is 0 Å². The highest BCUT2D eigenvalue weighted by atomic mass is 32.2. The van der Waals surface area contributed by atoms with Crippen molar-refractivity contribution in [2.45, 2.75) is 42.4 Å². The van der Waals surface area contributed by atoms with E-state index in [-0.39, 0.29) is 0 Å². The van der Waals surface area contributed by atoms with Crippen LogP contribution < -0.4 is 4.90 Å². The average molecular weight is 312 g/mol. The lowest BCUT2D eigenvalue weighted by molar-refractivity contribution is 0.162. The number of benzene rings is 1. The maximum atomic E-state index is 12.8. The first kappa shape index (κ1) is 15.1. The zero-order chi connectivity index (χ0) is 14.7. The van der Waals surface area contributed by atoms with Crippen LogP contribution in [0.4, 0.5) is 14.5 Å². The second-order valence-electron chi connectivity index (χ2n) is 5.83. The molecule has 0 aliphatic carbocycles. The highest BCUT2D eigenvalue weighted by Crippen LogP contribution is 2.35. The Balaban J connectivity index is 1.79. The van der Waals surface area contributed by atoms with Crippen LogP contribution in [0.25, 0.3) is 0 Å². The smallest absolute Gasteiger partial charge is 0.288 e. The van der Waals surface area contributed by atoms with Crippen LogP contribution in [-0.2, 0) is 0 Å². The topological polar surface area (TPSA) is 6.48 Å².